The molecule has 0 aromatic heterocycles. The first-order valence-corrected chi connectivity index (χ1v) is 13.2. The van der Waals surface area contributed by atoms with Gasteiger partial charge in [-0.15, -0.1) is 0 Å². The van der Waals surface area contributed by atoms with Crippen molar-refractivity contribution >= 4 is 30.0 Å². The molecule has 2 fully saturated rings. The predicted octanol–water partition coefficient (Wildman–Crippen LogP) is 1.98. The lowest BCUT2D eigenvalue weighted by atomic mass is 9.84. The maximum Gasteiger partial charge on any atom is 0.414 e. The van der Waals surface area contributed by atoms with Gasteiger partial charge in [0.15, 0.2) is 12.1 Å². The highest BCUT2D eigenvalue weighted by atomic mass is 16.6. The van der Waals surface area contributed by atoms with Crippen molar-refractivity contribution in [1.29, 1.82) is 5.41 Å². The second kappa shape index (κ2) is 14.8. The molecule has 2 aliphatic rings. The summed E-state index contributed by atoms with van der Waals surface area (Å²) in [6, 6.07) is 8.65. The van der Waals surface area contributed by atoms with Gasteiger partial charge in [0.25, 0.3) is 5.91 Å². The Morgan fingerprint density at radius 2 is 1.68 bits per heavy atom. The Hall–Kier alpha value is -3.83. The normalized spacial score (nSPS) is 17.9. The molecule has 0 radical (unpaired) electrons. The molecule has 1 aliphatic carbocycles. The number of nitrogens with zero attached hydrogens (tertiary/aromatic N) is 1. The first kappa shape index (κ1) is 28.7. The van der Waals surface area contributed by atoms with Crippen molar-refractivity contribution in [2.75, 3.05) is 19.6 Å². The van der Waals surface area contributed by atoms with Gasteiger partial charge in [-0.3, -0.25) is 20.3 Å². The number of amides is 4. The molecule has 1 heterocycles. The van der Waals surface area contributed by atoms with E-state index in [4.69, 9.17) is 20.6 Å². The minimum absolute atomic E-state index is 0.0699. The monoisotopic (exact) mass is 530 g/mol. The third-order valence-corrected chi connectivity index (χ3v) is 6.81. The Bertz CT molecular complexity index is 968. The molecule has 1 aromatic carbocycles. The lowest BCUT2D eigenvalue weighted by molar-refractivity contribution is -0.157. The Kier molecular flexibility index (Phi) is 11.2. The third-order valence-electron chi connectivity index (χ3n) is 6.81. The molecule has 1 unspecified atom stereocenters. The zero-order valence-electron chi connectivity index (χ0n) is 21.6. The van der Waals surface area contributed by atoms with E-state index in [9.17, 15) is 19.2 Å². The number of guanidine groups is 1. The van der Waals surface area contributed by atoms with E-state index in [1.165, 1.54) is 4.90 Å². The fraction of sp³-hybridized carbons (Fsp3) is 0.577. The SMILES string of the molecule is N=C(NCCCCNC(=O)[C@@H]1CCN1C(=O)C(OC(N)=O)C1CCCCC1)NC(=O)OCc1ccccc1. The highest BCUT2D eigenvalue weighted by Gasteiger charge is 2.43. The van der Waals surface area contributed by atoms with Crippen LogP contribution in [0.2, 0.25) is 0 Å². The molecule has 38 heavy (non-hydrogen) atoms. The molecule has 1 saturated heterocycles. The van der Waals surface area contributed by atoms with Crippen molar-refractivity contribution in [2.24, 2.45) is 11.7 Å². The quantitative estimate of drug-likeness (QED) is 0.165. The lowest BCUT2D eigenvalue weighted by Gasteiger charge is -2.42. The molecule has 208 valence electrons. The van der Waals surface area contributed by atoms with E-state index in [-0.39, 0.29) is 30.3 Å². The molecule has 3 rings (SSSR count). The number of unbranched alkanes of at least 4 members (excludes halogenated alkanes) is 1. The van der Waals surface area contributed by atoms with Gasteiger partial charge in [-0.1, -0.05) is 49.6 Å². The first-order chi connectivity index (χ1) is 18.3. The fourth-order valence-corrected chi connectivity index (χ4v) is 4.70. The number of benzene rings is 1. The van der Waals surface area contributed by atoms with Crippen molar-refractivity contribution < 1.29 is 28.7 Å². The summed E-state index contributed by atoms with van der Waals surface area (Å²) in [5.74, 6) is -0.824. The van der Waals surface area contributed by atoms with E-state index >= 15 is 0 Å². The molecule has 4 amide bonds. The highest BCUT2D eigenvalue weighted by molar-refractivity contribution is 5.92. The number of rotatable bonds is 11. The summed E-state index contributed by atoms with van der Waals surface area (Å²) in [5, 5.41) is 15.7. The van der Waals surface area contributed by atoms with Gasteiger partial charge in [0.1, 0.15) is 12.6 Å². The maximum absolute atomic E-state index is 13.1. The van der Waals surface area contributed by atoms with Gasteiger partial charge >= 0.3 is 12.2 Å². The van der Waals surface area contributed by atoms with E-state index in [1.54, 1.807) is 0 Å². The van der Waals surface area contributed by atoms with Crippen LogP contribution in [0.4, 0.5) is 9.59 Å². The smallest absolute Gasteiger partial charge is 0.414 e. The van der Waals surface area contributed by atoms with E-state index in [1.807, 2.05) is 30.3 Å². The summed E-state index contributed by atoms with van der Waals surface area (Å²) in [4.78, 5) is 50.4. The van der Waals surface area contributed by atoms with Gasteiger partial charge < -0.3 is 30.7 Å². The number of nitrogens with two attached hydrogens (primary N) is 1. The lowest BCUT2D eigenvalue weighted by Crippen LogP contribution is -2.61. The summed E-state index contributed by atoms with van der Waals surface area (Å²) < 4.78 is 10.3. The van der Waals surface area contributed by atoms with Crippen LogP contribution in [0.3, 0.4) is 0 Å². The molecule has 12 nitrogen and oxygen atoms in total. The Balaban J connectivity index is 1.29. The Labute approximate surface area is 222 Å². The van der Waals surface area contributed by atoms with Crippen LogP contribution in [0.5, 0.6) is 0 Å². The van der Waals surface area contributed by atoms with Crippen LogP contribution < -0.4 is 21.7 Å². The number of hydrogen-bond donors (Lipinski definition) is 5. The molecule has 6 N–H and O–H groups in total. The number of carbonyl (C=O) groups excluding carboxylic acids is 4. The number of ether oxygens (including phenoxy) is 2. The van der Waals surface area contributed by atoms with Crippen molar-refractivity contribution in [3.63, 3.8) is 0 Å². The number of primary amides is 1. The highest BCUT2D eigenvalue weighted by Crippen LogP contribution is 2.31. The molecule has 1 aliphatic heterocycles. The van der Waals surface area contributed by atoms with Crippen molar-refractivity contribution in [2.45, 2.75) is 70.1 Å². The number of alkyl carbamates (subject to hydrolysis) is 1. The second-order valence-electron chi connectivity index (χ2n) is 9.58. The van der Waals surface area contributed by atoms with Crippen LogP contribution in [0.25, 0.3) is 0 Å². The van der Waals surface area contributed by atoms with Gasteiger partial charge in [-0.25, -0.2) is 9.59 Å². The second-order valence-corrected chi connectivity index (χ2v) is 9.58. The van der Waals surface area contributed by atoms with E-state index < -0.39 is 24.3 Å². The number of likely N-dealkylation sites (tertiary alicyclic amines) is 1. The fourth-order valence-electron chi connectivity index (χ4n) is 4.70. The van der Waals surface area contributed by atoms with E-state index in [0.29, 0.717) is 38.9 Å². The average Bonchev–Trinajstić information content (AvgIpc) is 2.88. The third kappa shape index (κ3) is 8.93. The Morgan fingerprint density at radius 3 is 2.32 bits per heavy atom. The Morgan fingerprint density at radius 1 is 1.00 bits per heavy atom. The zero-order chi connectivity index (χ0) is 27.3. The zero-order valence-corrected chi connectivity index (χ0v) is 21.6. The molecule has 1 saturated carbocycles. The van der Waals surface area contributed by atoms with Crippen LogP contribution in [-0.2, 0) is 25.7 Å². The minimum Gasteiger partial charge on any atom is -0.444 e. The molecular weight excluding hydrogens is 492 g/mol. The largest absolute Gasteiger partial charge is 0.444 e. The van der Waals surface area contributed by atoms with Crippen LogP contribution in [0, 0.1) is 11.3 Å². The van der Waals surface area contributed by atoms with Gasteiger partial charge in [-0.05, 0) is 37.7 Å². The summed E-state index contributed by atoms with van der Waals surface area (Å²) in [6.07, 6.45) is 3.85. The first-order valence-electron chi connectivity index (χ1n) is 13.2. The van der Waals surface area contributed by atoms with Crippen molar-refractivity contribution in [3.05, 3.63) is 35.9 Å². The minimum atomic E-state index is -0.976. The molecule has 2 atom stereocenters. The van der Waals surface area contributed by atoms with Crippen molar-refractivity contribution in [1.82, 2.24) is 20.9 Å². The number of carbonyl (C=O) groups is 4. The van der Waals surface area contributed by atoms with Crippen LogP contribution in [0.15, 0.2) is 30.3 Å². The van der Waals surface area contributed by atoms with Gasteiger partial charge in [0.05, 0.1) is 0 Å². The number of hydrogen-bond acceptors (Lipinski definition) is 7. The van der Waals surface area contributed by atoms with Crippen molar-refractivity contribution in [3.8, 4) is 0 Å². The molecular formula is C26H38N6O6. The van der Waals surface area contributed by atoms with Gasteiger partial charge in [0.2, 0.25) is 5.91 Å². The van der Waals surface area contributed by atoms with E-state index in [0.717, 1.165) is 37.7 Å². The predicted molar refractivity (Wildman–Crippen MR) is 139 cm³/mol. The standard InChI is InChI=1S/C26H38N6O6/c27-24(31-26(36)37-17-18-9-3-1-4-10-18)30-15-8-7-14-29-22(33)20-13-16-32(20)23(34)21(38-25(28)35)19-11-5-2-6-12-19/h1,3-4,9-10,19-21H,2,5-8,11-17H2,(H2,28,35)(H,29,33)(H3,27,30,31,36)/t20-,21?/m0/s1. The number of nitrogens with one attached hydrogen (secondary N) is 4. The molecule has 12 heteroatoms. The van der Waals surface area contributed by atoms with Crippen LogP contribution in [-0.4, -0.2) is 66.6 Å². The van der Waals surface area contributed by atoms with E-state index in [2.05, 4.69) is 16.0 Å². The summed E-state index contributed by atoms with van der Waals surface area (Å²) >= 11 is 0. The molecule has 1 aromatic rings. The average molecular weight is 531 g/mol. The maximum atomic E-state index is 13.1. The molecule has 0 bridgehead atoms. The summed E-state index contributed by atoms with van der Waals surface area (Å²) in [5.41, 5.74) is 6.07. The van der Waals surface area contributed by atoms with Crippen LogP contribution >= 0.6 is 0 Å². The summed E-state index contributed by atoms with van der Waals surface area (Å²) in [7, 11) is 0. The van der Waals surface area contributed by atoms with Crippen LogP contribution in [0.1, 0.15) is 56.9 Å². The summed E-state index contributed by atoms with van der Waals surface area (Å²) in [6.45, 7) is 1.39. The topological polar surface area (TPSA) is 176 Å². The van der Waals surface area contributed by atoms with Gasteiger partial charge in [0, 0.05) is 25.6 Å². The van der Waals surface area contributed by atoms with Gasteiger partial charge in [-0.2, -0.15) is 0 Å². The molecule has 0 spiro atoms.